The maximum absolute atomic E-state index is 12.4. The number of carbonyl (C=O) groups is 1. The summed E-state index contributed by atoms with van der Waals surface area (Å²) in [5, 5.41) is 10.7. The molecule has 2 rings (SSSR count). The summed E-state index contributed by atoms with van der Waals surface area (Å²) in [6, 6.07) is 7.53. The van der Waals surface area contributed by atoms with E-state index in [1.807, 2.05) is 0 Å². The van der Waals surface area contributed by atoms with Crippen LogP contribution in [0, 0.1) is 0 Å². The van der Waals surface area contributed by atoms with E-state index in [1.54, 1.807) is 0 Å². The lowest BCUT2D eigenvalue weighted by atomic mass is 10.2. The molecule has 0 unspecified atom stereocenters. The molecule has 0 aliphatic rings. The average molecular weight is 366 g/mol. The number of aromatic carboxylic acids is 1. The minimum atomic E-state index is -3.94. The number of ether oxygens (including phenoxy) is 3. The van der Waals surface area contributed by atoms with Crippen LogP contribution < -0.4 is 24.0 Å². The molecule has 0 aromatic heterocycles. The summed E-state index contributed by atoms with van der Waals surface area (Å²) in [6.45, 7) is 0. The van der Waals surface area contributed by atoms with Gasteiger partial charge >= 0.3 is 0 Å². The summed E-state index contributed by atoms with van der Waals surface area (Å²) >= 11 is 0. The van der Waals surface area contributed by atoms with E-state index in [1.165, 1.54) is 45.6 Å². The highest BCUT2D eigenvalue weighted by atomic mass is 32.2. The number of methoxy groups -OCH3 is 3. The van der Waals surface area contributed by atoms with Crippen LogP contribution in [0.15, 0.2) is 41.3 Å². The van der Waals surface area contributed by atoms with Gasteiger partial charge in [-0.05, 0) is 17.7 Å². The molecule has 9 heteroatoms. The molecule has 8 nitrogen and oxygen atoms in total. The van der Waals surface area contributed by atoms with E-state index in [2.05, 4.69) is 4.72 Å². The third-order valence-electron chi connectivity index (χ3n) is 3.32. The van der Waals surface area contributed by atoms with Crippen molar-refractivity contribution in [3.63, 3.8) is 0 Å². The highest BCUT2D eigenvalue weighted by Gasteiger charge is 2.18. The molecule has 0 spiro atoms. The third kappa shape index (κ3) is 3.94. The van der Waals surface area contributed by atoms with Gasteiger partial charge in [0.2, 0.25) is 5.75 Å². The molecule has 2 aromatic rings. The van der Waals surface area contributed by atoms with Crippen molar-refractivity contribution in [2.45, 2.75) is 4.90 Å². The van der Waals surface area contributed by atoms with Crippen LogP contribution in [0.4, 0.5) is 5.69 Å². The van der Waals surface area contributed by atoms with Gasteiger partial charge < -0.3 is 24.1 Å². The Hall–Kier alpha value is -2.94. The van der Waals surface area contributed by atoms with E-state index in [4.69, 9.17) is 14.2 Å². The van der Waals surface area contributed by atoms with Crippen molar-refractivity contribution < 1.29 is 32.5 Å². The zero-order valence-electron chi connectivity index (χ0n) is 13.7. The van der Waals surface area contributed by atoms with Gasteiger partial charge in [0, 0.05) is 12.1 Å². The second-order valence-electron chi connectivity index (χ2n) is 4.83. The minimum Gasteiger partial charge on any atom is -0.545 e. The number of hydrogen-bond acceptors (Lipinski definition) is 7. The monoisotopic (exact) mass is 366 g/mol. The number of carboxylic acid groups (broad SMARTS) is 1. The number of rotatable bonds is 7. The fourth-order valence-corrected chi connectivity index (χ4v) is 3.16. The SMILES string of the molecule is COc1cc(NS(=O)(=O)c2ccc(C(=O)[O-])cc2)cc(OC)c1OC. The number of sulfonamides is 1. The maximum Gasteiger partial charge on any atom is 0.261 e. The van der Waals surface area contributed by atoms with Gasteiger partial charge in [-0.1, -0.05) is 12.1 Å². The number of nitrogens with one attached hydrogen (secondary N) is 1. The van der Waals surface area contributed by atoms with E-state index in [0.717, 1.165) is 12.1 Å². The second kappa shape index (κ2) is 7.31. The fraction of sp³-hybridized carbons (Fsp3) is 0.188. The number of hydrogen-bond donors (Lipinski definition) is 1. The van der Waals surface area contributed by atoms with Gasteiger partial charge in [-0.2, -0.15) is 0 Å². The van der Waals surface area contributed by atoms with Gasteiger partial charge in [-0.15, -0.1) is 0 Å². The Bertz CT molecular complexity index is 851. The van der Waals surface area contributed by atoms with Crippen LogP contribution in [-0.2, 0) is 10.0 Å². The van der Waals surface area contributed by atoms with Gasteiger partial charge in [0.25, 0.3) is 10.0 Å². The Kier molecular flexibility index (Phi) is 5.38. The normalized spacial score (nSPS) is 10.8. The molecule has 0 saturated carbocycles. The predicted molar refractivity (Wildman–Crippen MR) is 87.7 cm³/mol. The number of anilines is 1. The lowest BCUT2D eigenvalue weighted by Crippen LogP contribution is -2.22. The molecule has 134 valence electrons. The van der Waals surface area contributed by atoms with Gasteiger partial charge in [0.1, 0.15) is 0 Å². The van der Waals surface area contributed by atoms with E-state index in [0.29, 0.717) is 5.75 Å². The van der Waals surface area contributed by atoms with Crippen LogP contribution in [-0.4, -0.2) is 35.7 Å². The summed E-state index contributed by atoms with van der Waals surface area (Å²) in [4.78, 5) is 10.6. The lowest BCUT2D eigenvalue weighted by Gasteiger charge is -2.15. The van der Waals surface area contributed by atoms with E-state index < -0.39 is 16.0 Å². The second-order valence-corrected chi connectivity index (χ2v) is 6.51. The first-order valence-corrected chi connectivity index (χ1v) is 8.45. The molecule has 0 heterocycles. The van der Waals surface area contributed by atoms with Crippen molar-refractivity contribution >= 4 is 21.7 Å². The van der Waals surface area contributed by atoms with Crippen LogP contribution in [0.3, 0.4) is 0 Å². The molecule has 0 aliphatic heterocycles. The van der Waals surface area contributed by atoms with Crippen LogP contribution >= 0.6 is 0 Å². The van der Waals surface area contributed by atoms with Crippen LogP contribution in [0.2, 0.25) is 0 Å². The molecular formula is C16H16NO7S-. The summed E-state index contributed by atoms with van der Waals surface area (Å²) in [7, 11) is 0.315. The van der Waals surface area contributed by atoms with Gasteiger partial charge in [0.05, 0.1) is 37.9 Å². The number of carboxylic acids is 1. The Morgan fingerprint density at radius 3 is 1.88 bits per heavy atom. The summed E-state index contributed by atoms with van der Waals surface area (Å²) in [5.41, 5.74) is 0.0743. The first-order valence-electron chi connectivity index (χ1n) is 6.96. The van der Waals surface area contributed by atoms with E-state index in [9.17, 15) is 18.3 Å². The quantitative estimate of drug-likeness (QED) is 0.773. The molecule has 2 aromatic carbocycles. The summed E-state index contributed by atoms with van der Waals surface area (Å²) < 4.78 is 42.8. The van der Waals surface area contributed by atoms with E-state index in [-0.39, 0.29) is 27.6 Å². The molecule has 0 atom stereocenters. The Labute approximate surface area is 145 Å². The molecule has 0 radical (unpaired) electrons. The number of benzene rings is 2. The van der Waals surface area contributed by atoms with Crippen molar-refractivity contribution in [1.29, 1.82) is 0 Å². The highest BCUT2D eigenvalue weighted by molar-refractivity contribution is 7.92. The van der Waals surface area contributed by atoms with Crippen molar-refractivity contribution in [3.05, 3.63) is 42.0 Å². The van der Waals surface area contributed by atoms with E-state index >= 15 is 0 Å². The largest absolute Gasteiger partial charge is 0.545 e. The molecule has 1 N–H and O–H groups in total. The minimum absolute atomic E-state index is 0.105. The molecule has 0 amide bonds. The molecule has 0 fully saturated rings. The molecular weight excluding hydrogens is 350 g/mol. The van der Waals surface area contributed by atoms with Crippen LogP contribution in [0.5, 0.6) is 17.2 Å². The Balaban J connectivity index is 2.38. The van der Waals surface area contributed by atoms with Crippen molar-refractivity contribution in [1.82, 2.24) is 0 Å². The predicted octanol–water partition coefficient (Wildman–Crippen LogP) is 0.877. The third-order valence-corrected chi connectivity index (χ3v) is 4.71. The van der Waals surface area contributed by atoms with Gasteiger partial charge in [0.15, 0.2) is 11.5 Å². The molecule has 0 bridgehead atoms. The number of carbonyl (C=O) groups excluding carboxylic acids is 1. The summed E-state index contributed by atoms with van der Waals surface area (Å²) in [5.74, 6) is -0.494. The van der Waals surface area contributed by atoms with Crippen LogP contribution in [0.1, 0.15) is 10.4 Å². The zero-order valence-corrected chi connectivity index (χ0v) is 14.5. The zero-order chi connectivity index (χ0) is 18.6. The van der Waals surface area contributed by atoms with Gasteiger partial charge in [-0.25, -0.2) is 8.42 Å². The Morgan fingerprint density at radius 1 is 0.960 bits per heavy atom. The molecule has 0 saturated heterocycles. The first kappa shape index (κ1) is 18.4. The summed E-state index contributed by atoms with van der Waals surface area (Å²) in [6.07, 6.45) is 0. The molecule has 25 heavy (non-hydrogen) atoms. The standard InChI is InChI=1S/C16H17NO7S/c1-22-13-8-11(9-14(23-2)15(13)24-3)17-25(20,21)12-6-4-10(5-7-12)16(18)19/h4-9,17H,1-3H3,(H,18,19)/p-1. The molecule has 0 aliphatic carbocycles. The highest BCUT2D eigenvalue weighted by Crippen LogP contribution is 2.40. The lowest BCUT2D eigenvalue weighted by molar-refractivity contribution is -0.255. The average Bonchev–Trinajstić information content (AvgIpc) is 2.60. The van der Waals surface area contributed by atoms with Crippen molar-refractivity contribution in [3.8, 4) is 17.2 Å². The Morgan fingerprint density at radius 2 is 1.48 bits per heavy atom. The topological polar surface area (TPSA) is 114 Å². The van der Waals surface area contributed by atoms with Crippen LogP contribution in [0.25, 0.3) is 0 Å². The van der Waals surface area contributed by atoms with Crippen molar-refractivity contribution in [2.24, 2.45) is 0 Å². The first-order chi connectivity index (χ1) is 11.8. The maximum atomic E-state index is 12.4. The van der Waals surface area contributed by atoms with Gasteiger partial charge in [-0.3, -0.25) is 4.72 Å². The smallest absolute Gasteiger partial charge is 0.261 e. The van der Waals surface area contributed by atoms with Crippen molar-refractivity contribution in [2.75, 3.05) is 26.1 Å². The fourth-order valence-electron chi connectivity index (χ4n) is 2.12.